The number of aromatic hydroxyl groups is 1. The zero-order valence-electron chi connectivity index (χ0n) is 8.45. The van der Waals surface area contributed by atoms with Crippen molar-refractivity contribution in [1.82, 2.24) is 0 Å². The number of ether oxygens (including phenoxy) is 1. The van der Waals surface area contributed by atoms with Crippen LogP contribution in [0.15, 0.2) is 12.1 Å². The van der Waals surface area contributed by atoms with E-state index in [1.54, 1.807) is 12.1 Å². The van der Waals surface area contributed by atoms with E-state index in [1.165, 1.54) is 7.11 Å². The van der Waals surface area contributed by atoms with E-state index in [2.05, 4.69) is 0 Å². The Morgan fingerprint density at radius 2 is 2.14 bits per heavy atom. The smallest absolute Gasteiger partial charge is 0.164 e. The van der Waals surface area contributed by atoms with E-state index < -0.39 is 0 Å². The molecule has 0 saturated heterocycles. The summed E-state index contributed by atoms with van der Waals surface area (Å²) in [6.45, 7) is 1.93. The first-order valence-corrected chi connectivity index (χ1v) is 4.52. The van der Waals surface area contributed by atoms with Crippen molar-refractivity contribution in [2.45, 2.75) is 19.4 Å². The van der Waals surface area contributed by atoms with Gasteiger partial charge in [-0.05, 0) is 18.6 Å². The lowest BCUT2D eigenvalue weighted by Crippen LogP contribution is -2.11. The van der Waals surface area contributed by atoms with E-state index in [0.717, 1.165) is 0 Å². The molecule has 0 heterocycles. The lowest BCUT2D eigenvalue weighted by Gasteiger charge is -2.16. The highest BCUT2D eigenvalue weighted by molar-refractivity contribution is 5.61. The molecule has 14 heavy (non-hydrogen) atoms. The molecule has 0 aliphatic carbocycles. The van der Waals surface area contributed by atoms with Crippen LogP contribution >= 0.6 is 0 Å². The Hall–Kier alpha value is -1.42. The highest BCUT2D eigenvalue weighted by atomic mass is 16.5. The van der Waals surface area contributed by atoms with Crippen LogP contribution in [0.1, 0.15) is 24.9 Å². The Balaban J connectivity index is 3.25. The van der Waals surface area contributed by atoms with Crippen molar-refractivity contribution in [2.24, 2.45) is 5.73 Å². The van der Waals surface area contributed by atoms with Gasteiger partial charge in [-0.3, -0.25) is 0 Å². The zero-order valence-corrected chi connectivity index (χ0v) is 8.45. The number of hydrogen-bond acceptors (Lipinski definition) is 4. The first kappa shape index (κ1) is 10.7. The SMILES string of the molecule is CC[C@@H](N)c1c(N)ccc(OC)c1O. The minimum Gasteiger partial charge on any atom is -0.504 e. The maximum atomic E-state index is 9.79. The monoisotopic (exact) mass is 196 g/mol. The van der Waals surface area contributed by atoms with E-state index in [4.69, 9.17) is 16.2 Å². The van der Waals surface area contributed by atoms with Gasteiger partial charge in [0.15, 0.2) is 11.5 Å². The Kier molecular flexibility index (Phi) is 3.19. The summed E-state index contributed by atoms with van der Waals surface area (Å²) in [5.74, 6) is 0.444. The van der Waals surface area contributed by atoms with Crippen LogP contribution in [-0.4, -0.2) is 12.2 Å². The molecule has 0 aliphatic rings. The fraction of sp³-hybridized carbons (Fsp3) is 0.400. The van der Waals surface area contributed by atoms with Crippen LogP contribution in [0.3, 0.4) is 0 Å². The van der Waals surface area contributed by atoms with Gasteiger partial charge in [0, 0.05) is 17.3 Å². The number of phenols is 1. The number of methoxy groups -OCH3 is 1. The molecule has 78 valence electrons. The minimum atomic E-state index is -0.259. The van der Waals surface area contributed by atoms with Gasteiger partial charge in [0.2, 0.25) is 0 Å². The molecule has 1 rings (SSSR count). The summed E-state index contributed by atoms with van der Waals surface area (Å²) < 4.78 is 4.97. The molecule has 0 spiro atoms. The fourth-order valence-electron chi connectivity index (χ4n) is 1.36. The van der Waals surface area contributed by atoms with Gasteiger partial charge in [0.25, 0.3) is 0 Å². The standard InChI is InChI=1S/C10H16N2O2/c1-3-6(11)9-7(12)4-5-8(14-2)10(9)13/h4-6,13H,3,11-12H2,1-2H3/t6-/m1/s1. The molecule has 0 aliphatic heterocycles. The molecule has 0 bridgehead atoms. The number of hydrogen-bond donors (Lipinski definition) is 3. The molecule has 4 nitrogen and oxygen atoms in total. The van der Waals surface area contributed by atoms with E-state index in [1.807, 2.05) is 6.92 Å². The van der Waals surface area contributed by atoms with Gasteiger partial charge >= 0.3 is 0 Å². The molecule has 0 unspecified atom stereocenters. The largest absolute Gasteiger partial charge is 0.504 e. The summed E-state index contributed by atoms with van der Waals surface area (Å²) in [4.78, 5) is 0. The van der Waals surface area contributed by atoms with Gasteiger partial charge < -0.3 is 21.3 Å². The van der Waals surface area contributed by atoms with Gasteiger partial charge in [-0.25, -0.2) is 0 Å². The first-order valence-electron chi connectivity index (χ1n) is 4.52. The molecule has 0 saturated carbocycles. The van der Waals surface area contributed by atoms with Gasteiger partial charge in [0.1, 0.15) is 0 Å². The maximum absolute atomic E-state index is 9.79. The Bertz CT molecular complexity index is 326. The van der Waals surface area contributed by atoms with Gasteiger partial charge in [-0.15, -0.1) is 0 Å². The molecular formula is C10H16N2O2. The van der Waals surface area contributed by atoms with Crippen molar-refractivity contribution in [1.29, 1.82) is 0 Å². The number of nitrogen functional groups attached to an aromatic ring is 1. The van der Waals surface area contributed by atoms with Crippen molar-refractivity contribution >= 4 is 5.69 Å². The number of nitrogens with two attached hydrogens (primary N) is 2. The van der Waals surface area contributed by atoms with Crippen molar-refractivity contribution < 1.29 is 9.84 Å². The lowest BCUT2D eigenvalue weighted by molar-refractivity contribution is 0.368. The van der Waals surface area contributed by atoms with Crippen molar-refractivity contribution in [3.63, 3.8) is 0 Å². The zero-order chi connectivity index (χ0) is 10.7. The second-order valence-corrected chi connectivity index (χ2v) is 3.13. The van der Waals surface area contributed by atoms with Crippen LogP contribution in [0, 0.1) is 0 Å². The summed E-state index contributed by atoms with van der Waals surface area (Å²) in [5, 5.41) is 9.79. The second kappa shape index (κ2) is 4.19. The van der Waals surface area contributed by atoms with E-state index in [-0.39, 0.29) is 11.8 Å². The third-order valence-corrected chi connectivity index (χ3v) is 2.24. The third-order valence-electron chi connectivity index (χ3n) is 2.24. The molecule has 0 fully saturated rings. The quantitative estimate of drug-likeness (QED) is 0.638. The van der Waals surface area contributed by atoms with Crippen LogP contribution in [-0.2, 0) is 0 Å². The normalized spacial score (nSPS) is 12.5. The van der Waals surface area contributed by atoms with Gasteiger partial charge in [-0.1, -0.05) is 6.92 Å². The molecule has 0 aromatic heterocycles. The highest BCUT2D eigenvalue weighted by Crippen LogP contribution is 2.37. The summed E-state index contributed by atoms with van der Waals surface area (Å²) in [7, 11) is 1.49. The maximum Gasteiger partial charge on any atom is 0.164 e. The number of benzene rings is 1. The molecule has 1 aromatic rings. The van der Waals surface area contributed by atoms with Gasteiger partial charge in [-0.2, -0.15) is 0 Å². The lowest BCUT2D eigenvalue weighted by atomic mass is 10.0. The second-order valence-electron chi connectivity index (χ2n) is 3.13. The number of rotatable bonds is 3. The van der Waals surface area contributed by atoms with Crippen LogP contribution in [0.4, 0.5) is 5.69 Å². The van der Waals surface area contributed by atoms with Crippen LogP contribution in [0.5, 0.6) is 11.5 Å². The summed E-state index contributed by atoms with van der Waals surface area (Å²) in [6, 6.07) is 3.05. The van der Waals surface area contributed by atoms with Crippen molar-refractivity contribution in [2.75, 3.05) is 12.8 Å². The Morgan fingerprint density at radius 3 is 2.64 bits per heavy atom. The Morgan fingerprint density at radius 1 is 1.50 bits per heavy atom. The number of phenolic OH excluding ortho intramolecular Hbond substituents is 1. The molecule has 0 amide bonds. The van der Waals surface area contributed by atoms with E-state index in [0.29, 0.717) is 23.4 Å². The molecule has 5 N–H and O–H groups in total. The van der Waals surface area contributed by atoms with Crippen molar-refractivity contribution in [3.8, 4) is 11.5 Å². The van der Waals surface area contributed by atoms with Crippen molar-refractivity contribution in [3.05, 3.63) is 17.7 Å². The third kappa shape index (κ3) is 1.75. The minimum absolute atomic E-state index is 0.0434. The predicted molar refractivity (Wildman–Crippen MR) is 56.3 cm³/mol. The highest BCUT2D eigenvalue weighted by Gasteiger charge is 2.16. The molecule has 0 radical (unpaired) electrons. The van der Waals surface area contributed by atoms with Gasteiger partial charge in [0.05, 0.1) is 7.11 Å². The average Bonchev–Trinajstić information content (AvgIpc) is 2.18. The average molecular weight is 196 g/mol. The molecule has 1 aromatic carbocycles. The van der Waals surface area contributed by atoms with Crippen LogP contribution < -0.4 is 16.2 Å². The summed E-state index contributed by atoms with van der Waals surface area (Å²) in [5.41, 5.74) is 12.6. The van der Waals surface area contributed by atoms with Crippen LogP contribution in [0.2, 0.25) is 0 Å². The number of anilines is 1. The first-order chi connectivity index (χ1) is 6.61. The summed E-state index contributed by atoms with van der Waals surface area (Å²) in [6.07, 6.45) is 0.713. The van der Waals surface area contributed by atoms with E-state index in [9.17, 15) is 5.11 Å². The fourth-order valence-corrected chi connectivity index (χ4v) is 1.36. The predicted octanol–water partition coefficient (Wildman–Crippen LogP) is 1.39. The van der Waals surface area contributed by atoms with E-state index >= 15 is 0 Å². The molecule has 1 atom stereocenters. The Labute approximate surface area is 83.5 Å². The topological polar surface area (TPSA) is 81.5 Å². The van der Waals surface area contributed by atoms with Crippen LogP contribution in [0.25, 0.3) is 0 Å². The molecule has 4 heteroatoms. The summed E-state index contributed by atoms with van der Waals surface area (Å²) >= 11 is 0. The molecular weight excluding hydrogens is 180 g/mol.